The van der Waals surface area contributed by atoms with Gasteiger partial charge in [0.15, 0.2) is 0 Å². The van der Waals surface area contributed by atoms with Crippen molar-refractivity contribution in [2.75, 3.05) is 4.90 Å². The smallest absolute Gasteiger partial charge is 0.143 e. The molecule has 2 heteroatoms. The van der Waals surface area contributed by atoms with E-state index < -0.39 is 0 Å². The minimum Gasteiger partial charge on any atom is -0.455 e. The fraction of sp³-hybridized carbons (Fsp3) is 0. The summed E-state index contributed by atoms with van der Waals surface area (Å²) in [6, 6.07) is 107. The van der Waals surface area contributed by atoms with Crippen LogP contribution in [-0.4, -0.2) is 0 Å². The molecule has 0 atom stereocenters. The van der Waals surface area contributed by atoms with Crippen LogP contribution < -0.4 is 4.90 Å². The molecule has 0 aliphatic rings. The molecule has 0 aliphatic carbocycles. The van der Waals surface area contributed by atoms with Crippen molar-refractivity contribution in [2.24, 2.45) is 0 Å². The van der Waals surface area contributed by atoms with E-state index in [0.29, 0.717) is 0 Å². The maximum Gasteiger partial charge on any atom is 0.143 e. The van der Waals surface area contributed by atoms with Gasteiger partial charge in [-0.2, -0.15) is 0 Å². The number of para-hydroxylation sites is 1. The van der Waals surface area contributed by atoms with Crippen LogP contribution in [0.15, 0.2) is 302 Å². The number of anilines is 3. The summed E-state index contributed by atoms with van der Waals surface area (Å²) in [5.41, 5.74) is 21.6. The maximum absolute atomic E-state index is 6.58. The van der Waals surface area contributed by atoms with Gasteiger partial charge in [0.05, 0.1) is 0 Å². The first kappa shape index (κ1) is 44.2. The number of hydrogen-bond acceptors (Lipinski definition) is 2. The first-order valence-electron chi connectivity index (χ1n) is 25.3. The summed E-state index contributed by atoms with van der Waals surface area (Å²) < 4.78 is 6.58. The highest BCUT2D eigenvalue weighted by atomic mass is 16.3. The summed E-state index contributed by atoms with van der Waals surface area (Å²) in [5.74, 6) is 0.883. The zero-order chi connectivity index (χ0) is 49.2. The van der Waals surface area contributed by atoms with Crippen LogP contribution in [0, 0.1) is 0 Å². The van der Waals surface area contributed by atoms with E-state index in [2.05, 4.69) is 290 Å². The van der Waals surface area contributed by atoms with Gasteiger partial charge in [-0.3, -0.25) is 0 Å². The molecule has 0 fully saturated rings. The van der Waals surface area contributed by atoms with Crippen molar-refractivity contribution in [1.29, 1.82) is 0 Å². The van der Waals surface area contributed by atoms with Crippen molar-refractivity contribution in [3.05, 3.63) is 297 Å². The van der Waals surface area contributed by atoms with Gasteiger partial charge in [-0.1, -0.05) is 249 Å². The van der Waals surface area contributed by atoms with Gasteiger partial charge in [0.1, 0.15) is 11.3 Å². The van der Waals surface area contributed by atoms with E-state index in [1.54, 1.807) is 0 Å². The molecule has 0 unspecified atom stereocenters. The minimum absolute atomic E-state index is 0.883. The van der Waals surface area contributed by atoms with E-state index in [1.807, 2.05) is 12.1 Å². The number of rotatable bonds is 11. The number of nitrogens with zero attached hydrogens (tertiary/aromatic N) is 1. The molecule has 13 aromatic rings. The third kappa shape index (κ3) is 8.65. The molecular weight excluding hydrogens is 895 g/mol. The van der Waals surface area contributed by atoms with E-state index >= 15 is 0 Å². The van der Waals surface area contributed by atoms with Crippen molar-refractivity contribution < 1.29 is 4.42 Å². The van der Waals surface area contributed by atoms with Gasteiger partial charge >= 0.3 is 0 Å². The van der Waals surface area contributed by atoms with Gasteiger partial charge in [-0.25, -0.2) is 0 Å². The molecule has 13 rings (SSSR count). The second-order valence-corrected chi connectivity index (χ2v) is 18.8. The molecule has 0 radical (unpaired) electrons. The molecule has 0 spiro atoms. The summed E-state index contributed by atoms with van der Waals surface area (Å²) in [4.78, 5) is 2.35. The molecule has 0 aliphatic heterocycles. The lowest BCUT2D eigenvalue weighted by Crippen LogP contribution is -2.09. The summed E-state index contributed by atoms with van der Waals surface area (Å²) in [6.45, 7) is 0. The molecule has 0 N–H and O–H groups in total. The van der Waals surface area contributed by atoms with Crippen LogP contribution in [0.25, 0.3) is 111 Å². The Labute approximate surface area is 432 Å². The third-order valence-electron chi connectivity index (χ3n) is 14.4. The van der Waals surface area contributed by atoms with Crippen LogP contribution >= 0.6 is 0 Å². The van der Waals surface area contributed by atoms with Crippen LogP contribution in [0.5, 0.6) is 0 Å². The van der Waals surface area contributed by atoms with Crippen molar-refractivity contribution in [2.45, 2.75) is 0 Å². The highest BCUT2D eigenvalue weighted by Gasteiger charge is 2.19. The van der Waals surface area contributed by atoms with Gasteiger partial charge < -0.3 is 9.32 Å². The van der Waals surface area contributed by atoms with E-state index in [4.69, 9.17) is 4.42 Å². The lowest BCUT2D eigenvalue weighted by Gasteiger charge is -2.26. The minimum atomic E-state index is 0.883. The van der Waals surface area contributed by atoms with Crippen molar-refractivity contribution in [3.8, 4) is 89.2 Å². The molecule has 74 heavy (non-hydrogen) atoms. The molecule has 1 heterocycles. The van der Waals surface area contributed by atoms with Crippen LogP contribution in [0.3, 0.4) is 0 Å². The average Bonchev–Trinajstić information content (AvgIpc) is 3.89. The first-order valence-corrected chi connectivity index (χ1v) is 25.3. The lowest BCUT2D eigenvalue weighted by atomic mass is 9.95. The lowest BCUT2D eigenvalue weighted by molar-refractivity contribution is 0.632. The Balaban J connectivity index is 0.791. The van der Waals surface area contributed by atoms with E-state index in [1.165, 1.54) is 55.3 Å². The predicted octanol–water partition coefficient (Wildman–Crippen LogP) is 20.4. The molecule has 348 valence electrons. The highest BCUT2D eigenvalue weighted by molar-refractivity contribution is 6.02. The SMILES string of the molecule is c1ccc(-c2ccc(-c3ccc(N(c4ccc(-c5ccc(-c6cccc(-c7oc8ccccc8c7-c7ccccc7)c6)cc5)cc4)c4ccc(-c5ccc(-c6cccc7ccccc67)cc5)cc4)cc3)cc2)cc1. The van der Waals surface area contributed by atoms with Crippen molar-refractivity contribution in [1.82, 2.24) is 0 Å². The number of benzene rings is 12. The fourth-order valence-corrected chi connectivity index (χ4v) is 10.5. The normalized spacial score (nSPS) is 11.2. The number of furan rings is 1. The van der Waals surface area contributed by atoms with Crippen molar-refractivity contribution >= 4 is 38.8 Å². The molecule has 0 saturated heterocycles. The second-order valence-electron chi connectivity index (χ2n) is 18.8. The van der Waals surface area contributed by atoms with Gasteiger partial charge in [0.25, 0.3) is 0 Å². The first-order chi connectivity index (χ1) is 36.7. The van der Waals surface area contributed by atoms with Crippen LogP contribution in [0.1, 0.15) is 0 Å². The zero-order valence-corrected chi connectivity index (χ0v) is 40.6. The molecule has 0 amide bonds. The molecular formula is C72H49NO. The molecule has 12 aromatic carbocycles. The standard InChI is InChI=1S/C72H49NO/c1-3-13-50(14-4-1)51-25-27-52(28-26-51)55-37-43-64(44-38-55)73(66-47-41-57(42-48-66)54-33-35-60(36-34-54)68-23-12-18-59-15-7-8-21-67(59)68)65-45-39-56(40-46-65)53-29-31-58(32-30-53)62-19-11-20-63(49-62)72-71(61-16-5-2-6-17-61)69-22-9-10-24-70(69)74-72/h1-49H. The van der Waals surface area contributed by atoms with Gasteiger partial charge in [-0.15, -0.1) is 0 Å². The Bertz CT molecular complexity index is 4040. The fourth-order valence-electron chi connectivity index (χ4n) is 10.5. The molecule has 2 nitrogen and oxygen atoms in total. The summed E-state index contributed by atoms with van der Waals surface area (Å²) in [6.07, 6.45) is 0. The van der Waals surface area contributed by atoms with Gasteiger partial charge in [0, 0.05) is 33.6 Å². The topological polar surface area (TPSA) is 16.4 Å². The Kier molecular flexibility index (Phi) is 11.6. The Morgan fingerprint density at radius 1 is 0.230 bits per heavy atom. The van der Waals surface area contributed by atoms with E-state index in [-0.39, 0.29) is 0 Å². The average molecular weight is 944 g/mol. The van der Waals surface area contributed by atoms with Crippen LogP contribution in [0.2, 0.25) is 0 Å². The maximum atomic E-state index is 6.58. The van der Waals surface area contributed by atoms with Crippen molar-refractivity contribution in [3.63, 3.8) is 0 Å². The van der Waals surface area contributed by atoms with Gasteiger partial charge in [0.2, 0.25) is 0 Å². The number of fused-ring (bicyclic) bond motifs is 2. The number of hydrogen-bond donors (Lipinski definition) is 0. The summed E-state index contributed by atoms with van der Waals surface area (Å²) >= 11 is 0. The Morgan fingerprint density at radius 3 is 1.11 bits per heavy atom. The quantitative estimate of drug-likeness (QED) is 0.128. The zero-order valence-electron chi connectivity index (χ0n) is 40.6. The largest absolute Gasteiger partial charge is 0.455 e. The van der Waals surface area contributed by atoms with E-state index in [9.17, 15) is 0 Å². The van der Waals surface area contributed by atoms with Gasteiger partial charge in [-0.05, 0) is 132 Å². The molecule has 0 saturated carbocycles. The molecule has 1 aromatic heterocycles. The van der Waals surface area contributed by atoms with E-state index in [0.717, 1.165) is 72.7 Å². The van der Waals surface area contributed by atoms with Crippen LogP contribution in [0.4, 0.5) is 17.1 Å². The third-order valence-corrected chi connectivity index (χ3v) is 14.4. The predicted molar refractivity (Wildman–Crippen MR) is 312 cm³/mol. The highest BCUT2D eigenvalue weighted by Crippen LogP contribution is 2.43. The molecule has 0 bridgehead atoms. The monoisotopic (exact) mass is 943 g/mol. The Morgan fingerprint density at radius 2 is 0.581 bits per heavy atom. The summed E-state index contributed by atoms with van der Waals surface area (Å²) in [7, 11) is 0. The summed E-state index contributed by atoms with van der Waals surface area (Å²) in [5, 5.41) is 3.63. The van der Waals surface area contributed by atoms with Crippen LogP contribution in [-0.2, 0) is 0 Å². The Hall–Kier alpha value is -9.76. The second kappa shape index (κ2) is 19.4.